The van der Waals surface area contributed by atoms with E-state index in [1.807, 2.05) is 39.0 Å². The molecular formula is C19H27BrN2O2. The lowest BCUT2D eigenvalue weighted by molar-refractivity contribution is -0.130. The second kappa shape index (κ2) is 8.65. The van der Waals surface area contributed by atoms with E-state index >= 15 is 0 Å². The minimum absolute atomic E-state index is 0.0236. The maximum absolute atomic E-state index is 12.6. The van der Waals surface area contributed by atoms with Crippen LogP contribution in [0.2, 0.25) is 0 Å². The predicted molar refractivity (Wildman–Crippen MR) is 101 cm³/mol. The summed E-state index contributed by atoms with van der Waals surface area (Å²) in [6.45, 7) is 5.89. The van der Waals surface area contributed by atoms with Gasteiger partial charge in [-0.25, -0.2) is 0 Å². The Bertz CT molecular complexity index is 595. The van der Waals surface area contributed by atoms with Gasteiger partial charge in [-0.15, -0.1) is 0 Å². The van der Waals surface area contributed by atoms with Gasteiger partial charge < -0.3 is 10.6 Å². The Morgan fingerprint density at radius 1 is 1.17 bits per heavy atom. The van der Waals surface area contributed by atoms with Gasteiger partial charge >= 0.3 is 0 Å². The van der Waals surface area contributed by atoms with Crippen LogP contribution in [0.3, 0.4) is 0 Å². The maximum Gasteiger partial charge on any atom is 0.247 e. The van der Waals surface area contributed by atoms with Crippen molar-refractivity contribution in [3.8, 4) is 0 Å². The van der Waals surface area contributed by atoms with Gasteiger partial charge in [-0.2, -0.15) is 0 Å². The van der Waals surface area contributed by atoms with Gasteiger partial charge in [0.15, 0.2) is 0 Å². The first-order valence-electron chi connectivity index (χ1n) is 8.76. The van der Waals surface area contributed by atoms with E-state index in [4.69, 9.17) is 0 Å². The molecule has 1 saturated carbocycles. The molecule has 0 spiro atoms. The molecule has 1 aliphatic rings. The van der Waals surface area contributed by atoms with Crippen LogP contribution in [0.15, 0.2) is 22.7 Å². The minimum Gasteiger partial charge on any atom is -0.344 e. The Hall–Kier alpha value is -1.36. The molecule has 2 rings (SSSR count). The fourth-order valence-corrected chi connectivity index (χ4v) is 3.36. The molecule has 1 aromatic rings. The van der Waals surface area contributed by atoms with Crippen LogP contribution in [-0.2, 0) is 9.59 Å². The number of halogens is 1. The quantitative estimate of drug-likeness (QED) is 0.776. The third-order valence-electron chi connectivity index (χ3n) is 4.65. The van der Waals surface area contributed by atoms with Crippen molar-refractivity contribution in [3.63, 3.8) is 0 Å². The summed E-state index contributed by atoms with van der Waals surface area (Å²) in [6, 6.07) is 5.18. The van der Waals surface area contributed by atoms with Crippen molar-refractivity contribution in [2.24, 2.45) is 11.8 Å². The number of carbonyl (C=O) groups is 2. The topological polar surface area (TPSA) is 58.2 Å². The number of rotatable bonds is 5. The second-order valence-corrected chi connectivity index (χ2v) is 7.87. The zero-order chi connectivity index (χ0) is 17.7. The van der Waals surface area contributed by atoms with Crippen LogP contribution in [0.25, 0.3) is 0 Å². The molecule has 1 aromatic carbocycles. The van der Waals surface area contributed by atoms with Crippen LogP contribution < -0.4 is 10.6 Å². The van der Waals surface area contributed by atoms with E-state index < -0.39 is 6.04 Å². The summed E-state index contributed by atoms with van der Waals surface area (Å²) in [7, 11) is 0. The molecular weight excluding hydrogens is 368 g/mol. The monoisotopic (exact) mass is 394 g/mol. The molecule has 0 unspecified atom stereocenters. The van der Waals surface area contributed by atoms with Crippen LogP contribution in [0.4, 0.5) is 5.69 Å². The van der Waals surface area contributed by atoms with Crippen molar-refractivity contribution in [1.29, 1.82) is 0 Å². The van der Waals surface area contributed by atoms with Crippen molar-refractivity contribution in [3.05, 3.63) is 28.2 Å². The number of anilines is 1. The Labute approximate surface area is 152 Å². The second-order valence-electron chi connectivity index (χ2n) is 7.02. The lowest BCUT2D eigenvalue weighted by Crippen LogP contribution is -2.49. The standard InChI is InChI=1S/C19H27BrN2O2/c1-12(2)17(22-18(23)14-7-5-4-6-8-14)19(24)21-15-9-10-16(20)13(3)11-15/h9-12,14,17H,4-8H2,1-3H3,(H,21,24)(H,22,23)/t17-/m1/s1. The van der Waals surface area contributed by atoms with E-state index in [9.17, 15) is 9.59 Å². The Morgan fingerprint density at radius 3 is 2.42 bits per heavy atom. The number of amides is 2. The molecule has 0 saturated heterocycles. The molecule has 0 heterocycles. The smallest absolute Gasteiger partial charge is 0.247 e. The Morgan fingerprint density at radius 2 is 1.83 bits per heavy atom. The molecule has 5 heteroatoms. The fourth-order valence-electron chi connectivity index (χ4n) is 3.11. The van der Waals surface area contributed by atoms with E-state index in [2.05, 4.69) is 26.6 Å². The first-order valence-corrected chi connectivity index (χ1v) is 9.55. The SMILES string of the molecule is Cc1cc(NC(=O)[C@H](NC(=O)C2CCCCC2)C(C)C)ccc1Br. The van der Waals surface area contributed by atoms with Gasteiger partial charge in [0, 0.05) is 16.1 Å². The van der Waals surface area contributed by atoms with E-state index in [0.29, 0.717) is 0 Å². The molecule has 2 amide bonds. The third-order valence-corrected chi connectivity index (χ3v) is 5.54. The number of nitrogens with one attached hydrogen (secondary N) is 2. The molecule has 4 nitrogen and oxygen atoms in total. The summed E-state index contributed by atoms with van der Waals surface area (Å²) in [5.74, 6) is -0.0387. The average molecular weight is 395 g/mol. The molecule has 24 heavy (non-hydrogen) atoms. The number of benzene rings is 1. The molecule has 0 bridgehead atoms. The van der Waals surface area contributed by atoms with Gasteiger partial charge in [-0.05, 0) is 49.4 Å². The van der Waals surface area contributed by atoms with Crippen LogP contribution in [0, 0.1) is 18.8 Å². The van der Waals surface area contributed by atoms with E-state index in [0.717, 1.165) is 41.4 Å². The van der Waals surface area contributed by atoms with Gasteiger partial charge in [0.25, 0.3) is 0 Å². The molecule has 0 aliphatic heterocycles. The predicted octanol–water partition coefficient (Wildman–Crippen LogP) is 4.42. The van der Waals surface area contributed by atoms with E-state index in [1.54, 1.807) is 0 Å². The van der Waals surface area contributed by atoms with Crippen molar-refractivity contribution in [2.75, 3.05) is 5.32 Å². The highest BCUT2D eigenvalue weighted by Gasteiger charge is 2.28. The van der Waals surface area contributed by atoms with Gasteiger partial charge in [-0.3, -0.25) is 9.59 Å². The lowest BCUT2D eigenvalue weighted by Gasteiger charge is -2.26. The lowest BCUT2D eigenvalue weighted by atomic mass is 9.88. The summed E-state index contributed by atoms with van der Waals surface area (Å²) in [5.41, 5.74) is 1.80. The zero-order valence-corrected chi connectivity index (χ0v) is 16.3. The summed E-state index contributed by atoms with van der Waals surface area (Å²) in [5, 5.41) is 5.90. The Balaban J connectivity index is 2.01. The first-order chi connectivity index (χ1) is 11.4. The normalized spacial score (nSPS) is 16.7. The summed E-state index contributed by atoms with van der Waals surface area (Å²) >= 11 is 3.45. The molecule has 132 valence electrons. The summed E-state index contributed by atoms with van der Waals surface area (Å²) in [6.07, 6.45) is 5.29. The van der Waals surface area contributed by atoms with Crippen molar-refractivity contribution < 1.29 is 9.59 Å². The number of hydrogen-bond acceptors (Lipinski definition) is 2. The first kappa shape index (κ1) is 19.0. The molecule has 0 radical (unpaired) electrons. The van der Waals surface area contributed by atoms with Crippen LogP contribution in [0.1, 0.15) is 51.5 Å². The van der Waals surface area contributed by atoms with Gasteiger partial charge in [-0.1, -0.05) is 49.0 Å². The number of hydrogen-bond donors (Lipinski definition) is 2. The highest BCUT2D eigenvalue weighted by molar-refractivity contribution is 9.10. The number of carbonyl (C=O) groups excluding carboxylic acids is 2. The zero-order valence-electron chi connectivity index (χ0n) is 14.7. The highest BCUT2D eigenvalue weighted by Crippen LogP contribution is 2.24. The van der Waals surface area contributed by atoms with Gasteiger partial charge in [0.1, 0.15) is 6.04 Å². The van der Waals surface area contributed by atoms with Gasteiger partial charge in [0.2, 0.25) is 11.8 Å². The molecule has 2 N–H and O–H groups in total. The van der Waals surface area contributed by atoms with Crippen LogP contribution in [0.5, 0.6) is 0 Å². The van der Waals surface area contributed by atoms with Gasteiger partial charge in [0.05, 0.1) is 0 Å². The third kappa shape index (κ3) is 5.07. The average Bonchev–Trinajstić information content (AvgIpc) is 2.56. The Kier molecular flexibility index (Phi) is 6.84. The van der Waals surface area contributed by atoms with Crippen LogP contribution in [-0.4, -0.2) is 17.9 Å². The number of aryl methyl sites for hydroxylation is 1. The van der Waals surface area contributed by atoms with Crippen LogP contribution >= 0.6 is 15.9 Å². The largest absolute Gasteiger partial charge is 0.344 e. The molecule has 1 atom stereocenters. The molecule has 1 aliphatic carbocycles. The summed E-state index contributed by atoms with van der Waals surface area (Å²) in [4.78, 5) is 25.1. The molecule has 1 fully saturated rings. The fraction of sp³-hybridized carbons (Fsp3) is 0.579. The van der Waals surface area contributed by atoms with Crippen molar-refractivity contribution in [1.82, 2.24) is 5.32 Å². The van der Waals surface area contributed by atoms with Crippen molar-refractivity contribution >= 4 is 33.4 Å². The van der Waals surface area contributed by atoms with Crippen molar-refractivity contribution in [2.45, 2.75) is 58.9 Å². The highest BCUT2D eigenvalue weighted by atomic mass is 79.9. The summed E-state index contributed by atoms with van der Waals surface area (Å²) < 4.78 is 1.01. The van der Waals surface area contributed by atoms with E-state index in [1.165, 1.54) is 6.42 Å². The van der Waals surface area contributed by atoms with E-state index in [-0.39, 0.29) is 23.7 Å². The molecule has 0 aromatic heterocycles. The minimum atomic E-state index is -0.511. The maximum atomic E-state index is 12.6.